The van der Waals surface area contributed by atoms with Crippen molar-refractivity contribution in [3.8, 4) is 22.6 Å². The molecule has 46 heavy (non-hydrogen) atoms. The first-order valence-electron chi connectivity index (χ1n) is 14.7. The molecular weight excluding hydrogens is 671 g/mol. The molecule has 0 spiro atoms. The molecule has 1 aliphatic rings. The summed E-state index contributed by atoms with van der Waals surface area (Å²) in [5.74, 6) is 1.78. The zero-order valence-electron chi connectivity index (χ0n) is 26.5. The van der Waals surface area contributed by atoms with Crippen LogP contribution in [0.1, 0.15) is 6.42 Å². The Hall–Kier alpha value is -4.26. The van der Waals surface area contributed by atoms with E-state index in [1.165, 1.54) is 0 Å². The summed E-state index contributed by atoms with van der Waals surface area (Å²) in [6, 6.07) is 8.20. The lowest BCUT2D eigenvalue weighted by atomic mass is 10.0. The van der Waals surface area contributed by atoms with Crippen LogP contribution in [0.25, 0.3) is 22.2 Å². The fraction of sp³-hybridized carbons (Fsp3) is 0.323. The van der Waals surface area contributed by atoms with Crippen LogP contribution in [-0.2, 0) is 11.6 Å². The van der Waals surface area contributed by atoms with Gasteiger partial charge in [0, 0.05) is 87.2 Å². The number of fused-ring (bicyclic) bond motifs is 1. The van der Waals surface area contributed by atoms with Gasteiger partial charge in [-0.1, -0.05) is 0 Å². The van der Waals surface area contributed by atoms with Gasteiger partial charge in [0.05, 0.1) is 34.7 Å². The molecule has 0 aliphatic carbocycles. The van der Waals surface area contributed by atoms with Crippen molar-refractivity contribution < 1.29 is 13.8 Å². The van der Waals surface area contributed by atoms with Crippen LogP contribution in [0.15, 0.2) is 59.7 Å². The third-order valence-corrected chi connectivity index (χ3v) is 8.92. The molecule has 15 heteroatoms. The van der Waals surface area contributed by atoms with Crippen LogP contribution in [0.4, 0.5) is 28.8 Å². The minimum Gasteiger partial charge on any atom is -0.494 e. The van der Waals surface area contributed by atoms with Crippen LogP contribution >= 0.6 is 23.3 Å². The van der Waals surface area contributed by atoms with E-state index in [0.29, 0.717) is 56.2 Å². The van der Waals surface area contributed by atoms with Crippen molar-refractivity contribution in [2.24, 2.45) is 7.05 Å². The Labute approximate surface area is 276 Å². The number of likely N-dealkylation sites (N-methyl/N-ethyl adjacent to an activating group) is 1. The molecule has 1 aliphatic heterocycles. The smallest absolute Gasteiger partial charge is 0.242 e. The van der Waals surface area contributed by atoms with E-state index in [1.54, 1.807) is 49.8 Å². The van der Waals surface area contributed by atoms with E-state index in [1.807, 2.05) is 25.5 Å². The summed E-state index contributed by atoms with van der Waals surface area (Å²) >= 11 is 3.56. The van der Waals surface area contributed by atoms with Crippen LogP contribution in [0.3, 0.4) is 0 Å². The summed E-state index contributed by atoms with van der Waals surface area (Å²) in [5, 5.41) is 11.1. The molecule has 2 aromatic carbocycles. The van der Waals surface area contributed by atoms with Crippen LogP contribution in [0.2, 0.25) is 0 Å². The first-order valence-corrected chi connectivity index (χ1v) is 18.0. The topological polar surface area (TPSA) is 135 Å². The van der Waals surface area contributed by atoms with Gasteiger partial charge in [-0.05, 0) is 54.6 Å². The number of aromatic nitrogens is 6. The SMILES string of the molecule is COc1cc(N2CCC(N(C)C)C2)c(-c2cnn(C)c2)cc1Nc1ncc(Br)c(Nc2ccc3nccnc3c2OP(C)(C)=O)n1. The summed E-state index contributed by atoms with van der Waals surface area (Å²) in [4.78, 5) is 22.8. The number of nitrogens with one attached hydrogen (secondary N) is 2. The second-order valence-electron chi connectivity index (χ2n) is 11.7. The highest BCUT2D eigenvalue weighted by Gasteiger charge is 2.28. The van der Waals surface area contributed by atoms with E-state index in [2.05, 4.69) is 82.6 Å². The van der Waals surface area contributed by atoms with E-state index in [0.717, 1.165) is 36.3 Å². The molecule has 2 N–H and O–H groups in total. The zero-order valence-corrected chi connectivity index (χ0v) is 29.0. The molecule has 0 saturated carbocycles. The number of nitrogens with zero attached hydrogens (tertiary/aromatic N) is 8. The molecular formula is C31H36BrN10O3P. The Kier molecular flexibility index (Phi) is 8.86. The first-order chi connectivity index (χ1) is 22.0. The Balaban J connectivity index is 1.36. The van der Waals surface area contributed by atoms with E-state index in [-0.39, 0.29) is 0 Å². The minimum absolute atomic E-state index is 0.329. The zero-order chi connectivity index (χ0) is 32.6. The molecule has 3 aromatic heterocycles. The average molecular weight is 708 g/mol. The molecule has 1 unspecified atom stereocenters. The second-order valence-corrected chi connectivity index (χ2v) is 15.2. The molecule has 240 valence electrons. The lowest BCUT2D eigenvalue weighted by Crippen LogP contribution is -2.31. The summed E-state index contributed by atoms with van der Waals surface area (Å²) < 4.78 is 27.0. The van der Waals surface area contributed by atoms with Crippen molar-refractivity contribution in [2.45, 2.75) is 12.5 Å². The molecule has 1 fully saturated rings. The molecule has 6 rings (SSSR count). The van der Waals surface area contributed by atoms with Crippen molar-refractivity contribution in [3.63, 3.8) is 0 Å². The van der Waals surface area contributed by atoms with Gasteiger partial charge >= 0.3 is 0 Å². The van der Waals surface area contributed by atoms with Gasteiger partial charge in [-0.3, -0.25) is 14.2 Å². The number of methoxy groups -OCH3 is 1. The third-order valence-electron chi connectivity index (χ3n) is 7.72. The van der Waals surface area contributed by atoms with Crippen LogP contribution in [0, 0.1) is 0 Å². The fourth-order valence-electron chi connectivity index (χ4n) is 5.46. The van der Waals surface area contributed by atoms with E-state index in [9.17, 15) is 4.57 Å². The van der Waals surface area contributed by atoms with Crippen molar-refractivity contribution in [3.05, 3.63) is 59.7 Å². The number of halogens is 1. The molecule has 13 nitrogen and oxygen atoms in total. The number of hydrogen-bond donors (Lipinski definition) is 2. The van der Waals surface area contributed by atoms with E-state index in [4.69, 9.17) is 14.2 Å². The number of rotatable bonds is 10. The third kappa shape index (κ3) is 6.79. The lowest BCUT2D eigenvalue weighted by molar-refractivity contribution is 0.315. The normalized spacial score (nSPS) is 15.0. The number of hydrogen-bond acceptors (Lipinski definition) is 12. The molecule has 0 amide bonds. The van der Waals surface area contributed by atoms with Gasteiger partial charge in [0.1, 0.15) is 17.1 Å². The van der Waals surface area contributed by atoms with Gasteiger partial charge in [-0.15, -0.1) is 0 Å². The Morgan fingerprint density at radius 1 is 1.07 bits per heavy atom. The Bertz CT molecular complexity index is 1950. The largest absolute Gasteiger partial charge is 0.494 e. The molecule has 4 heterocycles. The number of anilines is 5. The summed E-state index contributed by atoms with van der Waals surface area (Å²) in [7, 11) is 4.87. The predicted octanol–water partition coefficient (Wildman–Crippen LogP) is 6.14. The van der Waals surface area contributed by atoms with Gasteiger partial charge < -0.3 is 29.7 Å². The van der Waals surface area contributed by atoms with Crippen molar-refractivity contribution >= 4 is 63.2 Å². The molecule has 1 saturated heterocycles. The van der Waals surface area contributed by atoms with Crippen LogP contribution in [0.5, 0.6) is 11.5 Å². The number of benzene rings is 2. The second kappa shape index (κ2) is 12.9. The average Bonchev–Trinajstić information content (AvgIpc) is 3.69. The highest BCUT2D eigenvalue weighted by molar-refractivity contribution is 9.10. The minimum atomic E-state index is -2.94. The lowest BCUT2D eigenvalue weighted by Gasteiger charge is -2.25. The number of aryl methyl sites for hydroxylation is 1. The molecule has 1 atom stereocenters. The van der Waals surface area contributed by atoms with Crippen molar-refractivity contribution in [2.75, 3.05) is 63.2 Å². The quantitative estimate of drug-likeness (QED) is 0.162. The highest BCUT2D eigenvalue weighted by atomic mass is 79.9. The van der Waals surface area contributed by atoms with Crippen molar-refractivity contribution in [1.82, 2.24) is 34.6 Å². The fourth-order valence-corrected chi connectivity index (χ4v) is 6.37. The monoisotopic (exact) mass is 706 g/mol. The Morgan fingerprint density at radius 3 is 2.57 bits per heavy atom. The van der Waals surface area contributed by atoms with Gasteiger partial charge in [0.2, 0.25) is 13.3 Å². The van der Waals surface area contributed by atoms with Gasteiger partial charge in [0.15, 0.2) is 5.75 Å². The first kappa shape index (κ1) is 31.7. The molecule has 5 aromatic rings. The predicted molar refractivity (Wildman–Crippen MR) is 185 cm³/mol. The van der Waals surface area contributed by atoms with Crippen molar-refractivity contribution in [1.29, 1.82) is 0 Å². The summed E-state index contributed by atoms with van der Waals surface area (Å²) in [6.45, 7) is 4.96. The van der Waals surface area contributed by atoms with Crippen LogP contribution < -0.4 is 24.8 Å². The maximum Gasteiger partial charge on any atom is 0.242 e. The summed E-state index contributed by atoms with van der Waals surface area (Å²) in [6.07, 6.45) is 9.77. The maximum absolute atomic E-state index is 12.7. The van der Waals surface area contributed by atoms with E-state index >= 15 is 0 Å². The molecule has 0 radical (unpaired) electrons. The van der Waals surface area contributed by atoms with Crippen LogP contribution in [-0.4, -0.2) is 88.3 Å². The maximum atomic E-state index is 12.7. The number of ether oxygens (including phenoxy) is 1. The van der Waals surface area contributed by atoms with Gasteiger partial charge in [0.25, 0.3) is 0 Å². The highest BCUT2D eigenvalue weighted by Crippen LogP contribution is 2.46. The molecule has 0 bridgehead atoms. The van der Waals surface area contributed by atoms with E-state index < -0.39 is 7.37 Å². The standard InChI is InChI=1S/C31H36BrN10O3P/c1-40(2)20-9-12-42(18-20)26-14-27(44-4)25(13-21(26)19-15-36-41(3)17-19)38-31-35-16-22(32)30(39-31)37-24-8-7-23-28(34-11-10-33-23)29(24)45-46(5,6)43/h7-8,10-11,13-17,20H,9,12,18H2,1-6H3,(H2,35,37,38,39). The summed E-state index contributed by atoms with van der Waals surface area (Å²) in [5.41, 5.74) is 5.43. The van der Waals surface area contributed by atoms with Gasteiger partial charge in [-0.25, -0.2) is 9.97 Å². The Morgan fingerprint density at radius 2 is 1.87 bits per heavy atom. The van der Waals surface area contributed by atoms with Gasteiger partial charge in [-0.2, -0.15) is 10.1 Å².